The molecule has 4 aliphatic rings. The second kappa shape index (κ2) is 6.86. The summed E-state index contributed by atoms with van der Waals surface area (Å²) in [5.41, 5.74) is 0. The van der Waals surface area contributed by atoms with Gasteiger partial charge in [-0.1, -0.05) is 51.9 Å². The molecule has 4 fully saturated rings. The molecule has 0 heteroatoms. The molecule has 0 aromatic carbocycles. The van der Waals surface area contributed by atoms with Crippen LogP contribution in [0.1, 0.15) is 96.8 Å². The maximum absolute atomic E-state index is 2.46. The van der Waals surface area contributed by atoms with Crippen LogP contribution in [0.5, 0.6) is 0 Å². The Morgan fingerprint density at radius 2 is 1.14 bits per heavy atom. The van der Waals surface area contributed by atoms with Crippen LogP contribution in [0, 0.1) is 41.4 Å². The number of fused-ring (bicyclic) bond motifs is 3. The smallest absolute Gasteiger partial charge is 0.0352 e. The van der Waals surface area contributed by atoms with Crippen molar-refractivity contribution in [3.8, 4) is 0 Å². The number of rotatable bonds is 2. The summed E-state index contributed by atoms with van der Waals surface area (Å²) in [5.74, 6) is 7.90. The topological polar surface area (TPSA) is 0 Å². The standard InChI is InChI=1S/C22H38/c1-2-16-7-3-5-9-20(16)19-14-13-18-12-11-17-8-4-6-10-21(17)22(18)15-19/h16-22H,2-15H2,1H3/t16-,17-,18-,19+,20+,21-,22+/m1/s1. The highest BCUT2D eigenvalue weighted by Gasteiger charge is 2.45. The average Bonchev–Trinajstić information content (AvgIpc) is 2.61. The third-order valence-corrected chi connectivity index (χ3v) is 8.61. The highest BCUT2D eigenvalue weighted by atomic mass is 14.5. The van der Waals surface area contributed by atoms with E-state index in [9.17, 15) is 0 Å². The molecule has 0 spiro atoms. The summed E-state index contributed by atoms with van der Waals surface area (Å²) in [7, 11) is 0. The SMILES string of the molecule is CC[C@@H]1CCCC[C@@H]1[C@H]1CC[C@H]2CC[C@H]3CCCC[C@H]3[C@H]2C1. The molecule has 126 valence electrons. The van der Waals surface area contributed by atoms with Crippen molar-refractivity contribution >= 4 is 0 Å². The van der Waals surface area contributed by atoms with Gasteiger partial charge in [0, 0.05) is 0 Å². The molecule has 0 aromatic heterocycles. The van der Waals surface area contributed by atoms with Crippen LogP contribution in [0.3, 0.4) is 0 Å². The Morgan fingerprint density at radius 3 is 1.91 bits per heavy atom. The van der Waals surface area contributed by atoms with E-state index in [1.165, 1.54) is 19.3 Å². The minimum Gasteiger partial charge on any atom is -0.0651 e. The first kappa shape index (κ1) is 15.5. The molecule has 0 heterocycles. The molecular weight excluding hydrogens is 264 g/mol. The van der Waals surface area contributed by atoms with Gasteiger partial charge in [0.1, 0.15) is 0 Å². The first-order chi connectivity index (χ1) is 10.9. The van der Waals surface area contributed by atoms with Crippen LogP contribution in [0.15, 0.2) is 0 Å². The first-order valence-corrected chi connectivity index (χ1v) is 10.9. The summed E-state index contributed by atoms with van der Waals surface area (Å²) in [6.07, 6.45) is 22.0. The van der Waals surface area contributed by atoms with Gasteiger partial charge in [-0.25, -0.2) is 0 Å². The molecular formula is C22H38. The van der Waals surface area contributed by atoms with Crippen molar-refractivity contribution in [2.45, 2.75) is 96.8 Å². The zero-order valence-electron chi connectivity index (χ0n) is 14.9. The van der Waals surface area contributed by atoms with E-state index in [1.54, 1.807) is 70.6 Å². The van der Waals surface area contributed by atoms with Crippen LogP contribution in [0.2, 0.25) is 0 Å². The summed E-state index contributed by atoms with van der Waals surface area (Å²) in [6, 6.07) is 0. The van der Waals surface area contributed by atoms with Gasteiger partial charge in [0.05, 0.1) is 0 Å². The Balaban J connectivity index is 1.46. The van der Waals surface area contributed by atoms with E-state index in [-0.39, 0.29) is 0 Å². The van der Waals surface area contributed by atoms with Crippen LogP contribution in [-0.2, 0) is 0 Å². The van der Waals surface area contributed by atoms with Crippen LogP contribution < -0.4 is 0 Å². The Bertz CT molecular complexity index is 359. The summed E-state index contributed by atoms with van der Waals surface area (Å²) in [5, 5.41) is 0. The van der Waals surface area contributed by atoms with Gasteiger partial charge < -0.3 is 0 Å². The van der Waals surface area contributed by atoms with E-state index in [0.29, 0.717) is 0 Å². The molecule has 4 aliphatic carbocycles. The van der Waals surface area contributed by atoms with Gasteiger partial charge in [-0.3, -0.25) is 0 Å². The van der Waals surface area contributed by atoms with Crippen LogP contribution in [-0.4, -0.2) is 0 Å². The van der Waals surface area contributed by atoms with Crippen LogP contribution in [0.25, 0.3) is 0 Å². The van der Waals surface area contributed by atoms with Crippen molar-refractivity contribution in [3.63, 3.8) is 0 Å². The average molecular weight is 303 g/mol. The van der Waals surface area contributed by atoms with Gasteiger partial charge in [0.25, 0.3) is 0 Å². The fraction of sp³-hybridized carbons (Fsp3) is 1.00. The highest BCUT2D eigenvalue weighted by Crippen LogP contribution is 2.55. The minimum atomic E-state index is 1.08. The Labute approximate surface area is 138 Å². The van der Waals surface area contributed by atoms with Gasteiger partial charge in [0.15, 0.2) is 0 Å². The van der Waals surface area contributed by atoms with E-state index in [1.807, 2.05) is 0 Å². The van der Waals surface area contributed by atoms with Crippen molar-refractivity contribution in [2.24, 2.45) is 41.4 Å². The highest BCUT2D eigenvalue weighted by molar-refractivity contribution is 4.95. The second-order valence-electron chi connectivity index (χ2n) is 9.40. The predicted octanol–water partition coefficient (Wildman–Crippen LogP) is 6.84. The van der Waals surface area contributed by atoms with E-state index < -0.39 is 0 Å². The lowest BCUT2D eigenvalue weighted by Gasteiger charge is -2.51. The number of hydrogen-bond acceptors (Lipinski definition) is 0. The normalized spacial score (nSPS) is 49.2. The monoisotopic (exact) mass is 302 g/mol. The lowest BCUT2D eigenvalue weighted by atomic mass is 9.54. The lowest BCUT2D eigenvalue weighted by molar-refractivity contribution is -0.0137. The summed E-state index contributed by atoms with van der Waals surface area (Å²) in [6.45, 7) is 2.46. The molecule has 0 saturated heterocycles. The minimum absolute atomic E-state index is 1.08. The van der Waals surface area contributed by atoms with Gasteiger partial charge in [0.2, 0.25) is 0 Å². The van der Waals surface area contributed by atoms with Crippen molar-refractivity contribution < 1.29 is 0 Å². The quantitative estimate of drug-likeness (QED) is 0.524. The Morgan fingerprint density at radius 1 is 0.545 bits per heavy atom. The number of hydrogen-bond donors (Lipinski definition) is 0. The zero-order valence-corrected chi connectivity index (χ0v) is 14.9. The predicted molar refractivity (Wildman–Crippen MR) is 94.7 cm³/mol. The molecule has 0 amide bonds. The van der Waals surface area contributed by atoms with Crippen molar-refractivity contribution in [1.29, 1.82) is 0 Å². The van der Waals surface area contributed by atoms with Crippen molar-refractivity contribution in [1.82, 2.24) is 0 Å². The molecule has 0 aromatic rings. The molecule has 0 unspecified atom stereocenters. The van der Waals surface area contributed by atoms with Gasteiger partial charge in [-0.2, -0.15) is 0 Å². The Hall–Kier alpha value is 0. The molecule has 4 rings (SSSR count). The second-order valence-corrected chi connectivity index (χ2v) is 9.40. The van der Waals surface area contributed by atoms with E-state index in [4.69, 9.17) is 0 Å². The summed E-state index contributed by atoms with van der Waals surface area (Å²) >= 11 is 0. The van der Waals surface area contributed by atoms with Crippen molar-refractivity contribution in [2.75, 3.05) is 0 Å². The molecule has 0 nitrogen and oxygen atoms in total. The van der Waals surface area contributed by atoms with Gasteiger partial charge in [-0.15, -0.1) is 0 Å². The molecule has 0 N–H and O–H groups in total. The fourth-order valence-corrected chi connectivity index (χ4v) is 7.52. The fourth-order valence-electron chi connectivity index (χ4n) is 7.52. The molecule has 7 atom stereocenters. The zero-order chi connectivity index (χ0) is 14.9. The molecule has 0 aliphatic heterocycles. The third kappa shape index (κ3) is 2.89. The molecule has 0 bridgehead atoms. The molecule has 4 saturated carbocycles. The molecule has 0 radical (unpaired) electrons. The van der Waals surface area contributed by atoms with E-state index >= 15 is 0 Å². The van der Waals surface area contributed by atoms with Crippen LogP contribution >= 0.6 is 0 Å². The third-order valence-electron chi connectivity index (χ3n) is 8.61. The van der Waals surface area contributed by atoms with E-state index in [2.05, 4.69) is 6.92 Å². The van der Waals surface area contributed by atoms with Gasteiger partial charge in [-0.05, 0) is 86.4 Å². The summed E-state index contributed by atoms with van der Waals surface area (Å²) in [4.78, 5) is 0. The maximum Gasteiger partial charge on any atom is -0.0352 e. The Kier molecular flexibility index (Phi) is 4.84. The first-order valence-electron chi connectivity index (χ1n) is 10.9. The van der Waals surface area contributed by atoms with Crippen LogP contribution in [0.4, 0.5) is 0 Å². The maximum atomic E-state index is 2.46. The van der Waals surface area contributed by atoms with Gasteiger partial charge >= 0.3 is 0 Å². The van der Waals surface area contributed by atoms with Crippen molar-refractivity contribution in [3.05, 3.63) is 0 Å². The molecule has 22 heavy (non-hydrogen) atoms. The largest absolute Gasteiger partial charge is 0.0651 e. The van der Waals surface area contributed by atoms with E-state index in [0.717, 1.165) is 41.4 Å². The lowest BCUT2D eigenvalue weighted by Crippen LogP contribution is -2.42. The summed E-state index contributed by atoms with van der Waals surface area (Å²) < 4.78 is 0.